The van der Waals surface area contributed by atoms with Crippen LogP contribution in [0.1, 0.15) is 27.2 Å². The van der Waals surface area contributed by atoms with Crippen LogP contribution in [-0.4, -0.2) is 12.0 Å². The lowest BCUT2D eigenvalue weighted by molar-refractivity contribution is 0.573. The Morgan fingerprint density at radius 2 is 2.11 bits per heavy atom. The Morgan fingerprint density at radius 3 is 2.67 bits per heavy atom. The van der Waals surface area contributed by atoms with E-state index in [1.54, 1.807) is 23.5 Å². The third-order valence-corrected chi connectivity index (χ3v) is 4.53. The van der Waals surface area contributed by atoms with Crippen molar-refractivity contribution in [1.82, 2.24) is 10.3 Å². The molecule has 0 aliphatic carbocycles. The van der Waals surface area contributed by atoms with Gasteiger partial charge in [-0.3, -0.25) is 0 Å². The quantitative estimate of drug-likeness (QED) is 0.922. The first-order valence-corrected chi connectivity index (χ1v) is 7.20. The molecule has 0 radical (unpaired) electrons. The van der Waals surface area contributed by atoms with Gasteiger partial charge >= 0.3 is 0 Å². The summed E-state index contributed by atoms with van der Waals surface area (Å²) in [7, 11) is 1.83. The molecule has 2 nitrogen and oxygen atoms in total. The molecule has 1 aromatic carbocycles. The van der Waals surface area contributed by atoms with Gasteiger partial charge in [0.1, 0.15) is 5.82 Å². The fraction of sp³-hybridized carbons (Fsp3) is 0.308. The lowest BCUT2D eigenvalue weighted by Gasteiger charge is -2.17. The lowest BCUT2D eigenvalue weighted by atomic mass is 10.0. The topological polar surface area (TPSA) is 24.9 Å². The van der Waals surface area contributed by atoms with Crippen LogP contribution < -0.4 is 5.32 Å². The van der Waals surface area contributed by atoms with E-state index >= 15 is 0 Å². The molecule has 5 heteroatoms. The van der Waals surface area contributed by atoms with E-state index in [4.69, 9.17) is 0 Å². The third kappa shape index (κ3) is 2.48. The Balaban J connectivity index is 2.52. The number of hydrogen-bond donors (Lipinski definition) is 1. The molecule has 1 unspecified atom stereocenters. The van der Waals surface area contributed by atoms with Crippen molar-refractivity contribution in [2.45, 2.75) is 19.9 Å². The fourth-order valence-corrected chi connectivity index (χ4v) is 3.42. The molecule has 2 aromatic rings. The van der Waals surface area contributed by atoms with E-state index in [0.29, 0.717) is 10.0 Å². The zero-order chi connectivity index (χ0) is 13.3. The van der Waals surface area contributed by atoms with Gasteiger partial charge in [0.05, 0.1) is 21.2 Å². The summed E-state index contributed by atoms with van der Waals surface area (Å²) in [6.07, 6.45) is 0. The summed E-state index contributed by atoms with van der Waals surface area (Å²) < 4.78 is 14.6. The highest BCUT2D eigenvalue weighted by Crippen LogP contribution is 2.32. The first-order chi connectivity index (χ1) is 8.54. The zero-order valence-electron chi connectivity index (χ0n) is 10.4. The minimum atomic E-state index is -0.220. The maximum atomic E-state index is 14.2. The van der Waals surface area contributed by atoms with Crippen molar-refractivity contribution in [1.29, 1.82) is 0 Å². The molecular weight excluding hydrogens is 315 g/mol. The summed E-state index contributed by atoms with van der Waals surface area (Å²) in [5, 5.41) is 4.16. The zero-order valence-corrected chi connectivity index (χ0v) is 12.8. The van der Waals surface area contributed by atoms with Crippen molar-refractivity contribution in [3.63, 3.8) is 0 Å². The smallest absolute Gasteiger partial charge is 0.142 e. The van der Waals surface area contributed by atoms with Crippen LogP contribution >= 0.6 is 27.3 Å². The molecule has 18 heavy (non-hydrogen) atoms. The van der Waals surface area contributed by atoms with E-state index < -0.39 is 0 Å². The van der Waals surface area contributed by atoms with Gasteiger partial charge < -0.3 is 5.32 Å². The molecule has 1 N–H and O–H groups in total. The third-order valence-electron chi connectivity index (χ3n) is 2.78. The van der Waals surface area contributed by atoms with Crippen LogP contribution in [0, 0.1) is 19.7 Å². The minimum absolute atomic E-state index is 0.159. The van der Waals surface area contributed by atoms with Gasteiger partial charge in [-0.25, -0.2) is 9.37 Å². The van der Waals surface area contributed by atoms with Crippen LogP contribution in [-0.2, 0) is 0 Å². The van der Waals surface area contributed by atoms with E-state index in [1.165, 1.54) is 0 Å². The summed E-state index contributed by atoms with van der Waals surface area (Å²) in [6, 6.07) is 5.19. The Morgan fingerprint density at radius 1 is 1.39 bits per heavy atom. The summed E-state index contributed by atoms with van der Waals surface area (Å²) >= 11 is 4.83. The Labute approximate surface area is 118 Å². The minimum Gasteiger partial charge on any atom is -0.309 e. The molecule has 0 aliphatic heterocycles. The molecular formula is C13H14BrFN2S. The lowest BCUT2D eigenvalue weighted by Crippen LogP contribution is -2.18. The fourth-order valence-electron chi connectivity index (χ4n) is 1.99. The molecule has 0 aliphatic rings. The monoisotopic (exact) mass is 328 g/mol. The molecule has 0 bridgehead atoms. The highest BCUT2D eigenvalue weighted by Gasteiger charge is 2.21. The Hall–Kier alpha value is -0.780. The number of aromatic nitrogens is 1. The number of rotatable bonds is 3. The normalized spacial score (nSPS) is 12.7. The van der Waals surface area contributed by atoms with E-state index in [-0.39, 0.29) is 11.9 Å². The molecule has 96 valence electrons. The Kier molecular flexibility index (Phi) is 4.14. The van der Waals surface area contributed by atoms with Gasteiger partial charge in [0.15, 0.2) is 0 Å². The number of hydrogen-bond acceptors (Lipinski definition) is 3. The van der Waals surface area contributed by atoms with Crippen molar-refractivity contribution in [3.8, 4) is 0 Å². The number of thiazole rings is 1. The van der Waals surface area contributed by atoms with Gasteiger partial charge in [0, 0.05) is 10.4 Å². The second kappa shape index (κ2) is 5.47. The molecule has 2 rings (SSSR count). The number of benzene rings is 1. The number of halogens is 2. The molecule has 0 amide bonds. The van der Waals surface area contributed by atoms with Gasteiger partial charge in [-0.2, -0.15) is 0 Å². The van der Waals surface area contributed by atoms with Crippen molar-refractivity contribution in [2.24, 2.45) is 0 Å². The van der Waals surface area contributed by atoms with Crippen LogP contribution in [0.25, 0.3) is 0 Å². The van der Waals surface area contributed by atoms with Crippen molar-refractivity contribution in [3.05, 3.63) is 49.6 Å². The second-order valence-corrected chi connectivity index (χ2v) is 6.14. The maximum absolute atomic E-state index is 14.2. The summed E-state index contributed by atoms with van der Waals surface area (Å²) in [5.41, 5.74) is 1.59. The molecule has 1 atom stereocenters. The van der Waals surface area contributed by atoms with Gasteiger partial charge in [0.2, 0.25) is 0 Å². The van der Waals surface area contributed by atoms with Crippen LogP contribution in [0.2, 0.25) is 0 Å². The second-order valence-electron chi connectivity index (χ2n) is 4.05. The van der Waals surface area contributed by atoms with E-state index in [1.807, 2.05) is 27.0 Å². The number of aryl methyl sites for hydroxylation is 2. The first-order valence-electron chi connectivity index (χ1n) is 5.59. The van der Waals surface area contributed by atoms with Gasteiger partial charge in [-0.05, 0) is 42.9 Å². The maximum Gasteiger partial charge on any atom is 0.142 e. The van der Waals surface area contributed by atoms with Crippen molar-refractivity contribution in [2.75, 3.05) is 7.05 Å². The van der Waals surface area contributed by atoms with Gasteiger partial charge in [-0.1, -0.05) is 12.1 Å². The first kappa shape index (κ1) is 13.6. The number of nitrogens with zero attached hydrogens (tertiary/aromatic N) is 1. The van der Waals surface area contributed by atoms with E-state index in [2.05, 4.69) is 26.2 Å². The standard InChI is InChI=1S/C13H14BrFN2S/c1-7-13(18-8(2)17-7)12(16-3)9-5-4-6-10(14)11(9)15/h4-6,12,16H,1-3H3. The van der Waals surface area contributed by atoms with Crippen LogP contribution in [0.5, 0.6) is 0 Å². The number of nitrogens with one attached hydrogen (secondary N) is 1. The van der Waals surface area contributed by atoms with Crippen LogP contribution in [0.3, 0.4) is 0 Å². The average Bonchev–Trinajstić information content (AvgIpc) is 2.65. The molecule has 0 fully saturated rings. The largest absolute Gasteiger partial charge is 0.309 e. The highest BCUT2D eigenvalue weighted by molar-refractivity contribution is 9.10. The van der Waals surface area contributed by atoms with E-state index in [9.17, 15) is 4.39 Å². The van der Waals surface area contributed by atoms with E-state index in [0.717, 1.165) is 15.6 Å². The SMILES string of the molecule is CNC(c1cccc(Br)c1F)c1sc(C)nc1C. The Bertz CT molecular complexity index is 568. The molecule has 0 saturated carbocycles. The summed E-state index contributed by atoms with van der Waals surface area (Å²) in [4.78, 5) is 5.46. The summed E-state index contributed by atoms with van der Waals surface area (Å²) in [5.74, 6) is -0.220. The van der Waals surface area contributed by atoms with Crippen LogP contribution in [0.4, 0.5) is 4.39 Å². The molecule has 1 aromatic heterocycles. The van der Waals surface area contributed by atoms with Gasteiger partial charge in [-0.15, -0.1) is 11.3 Å². The predicted octanol–water partition coefficient (Wildman–Crippen LogP) is 3.97. The predicted molar refractivity (Wildman–Crippen MR) is 76.6 cm³/mol. The van der Waals surface area contributed by atoms with Crippen LogP contribution in [0.15, 0.2) is 22.7 Å². The average molecular weight is 329 g/mol. The van der Waals surface area contributed by atoms with Gasteiger partial charge in [0.25, 0.3) is 0 Å². The molecule has 0 saturated heterocycles. The summed E-state index contributed by atoms with van der Waals surface area (Å²) in [6.45, 7) is 3.92. The molecule has 0 spiro atoms. The highest BCUT2D eigenvalue weighted by atomic mass is 79.9. The molecule has 1 heterocycles. The van der Waals surface area contributed by atoms with Crippen molar-refractivity contribution < 1.29 is 4.39 Å². The van der Waals surface area contributed by atoms with Crippen molar-refractivity contribution >= 4 is 27.3 Å².